The predicted octanol–water partition coefficient (Wildman–Crippen LogP) is 3.03. The molecule has 0 aliphatic carbocycles. The van der Waals surface area contributed by atoms with Gasteiger partial charge in [0.25, 0.3) is 5.91 Å². The Kier molecular flexibility index (Phi) is 6.54. The third kappa shape index (κ3) is 5.06. The number of nitrogens with one attached hydrogen (secondary N) is 1. The molecular weight excluding hydrogens is 288 g/mol. The van der Waals surface area contributed by atoms with Gasteiger partial charge in [0.1, 0.15) is 5.82 Å². The van der Waals surface area contributed by atoms with Crippen molar-refractivity contribution in [3.63, 3.8) is 0 Å². The molecule has 0 aromatic carbocycles. The Bertz CT molecular complexity index is 609. The van der Waals surface area contributed by atoms with Crippen LogP contribution in [-0.4, -0.2) is 29.0 Å². The molecule has 0 saturated heterocycles. The lowest BCUT2D eigenvalue weighted by Gasteiger charge is -2.22. The summed E-state index contributed by atoms with van der Waals surface area (Å²) in [6.45, 7) is 6.60. The maximum Gasteiger partial charge on any atom is 0.251 e. The second-order valence-electron chi connectivity index (χ2n) is 5.39. The molecule has 122 valence electrons. The summed E-state index contributed by atoms with van der Waals surface area (Å²) < 4.78 is 0. The van der Waals surface area contributed by atoms with E-state index in [0.29, 0.717) is 12.1 Å². The van der Waals surface area contributed by atoms with Crippen LogP contribution in [0.4, 0.5) is 5.82 Å². The molecule has 0 aliphatic heterocycles. The summed E-state index contributed by atoms with van der Waals surface area (Å²) in [4.78, 5) is 23.2. The Hall–Kier alpha value is -2.43. The van der Waals surface area contributed by atoms with Crippen LogP contribution in [0, 0.1) is 0 Å². The number of amides is 1. The first-order valence-corrected chi connectivity index (χ1v) is 8.13. The number of aromatic nitrogens is 2. The van der Waals surface area contributed by atoms with E-state index in [1.54, 1.807) is 18.5 Å². The highest BCUT2D eigenvalue weighted by atomic mass is 16.1. The Morgan fingerprint density at radius 2 is 1.87 bits per heavy atom. The summed E-state index contributed by atoms with van der Waals surface area (Å²) >= 11 is 0. The van der Waals surface area contributed by atoms with Gasteiger partial charge in [0, 0.05) is 31.0 Å². The minimum Gasteiger partial charge on any atom is -0.357 e. The van der Waals surface area contributed by atoms with E-state index in [-0.39, 0.29) is 5.91 Å². The molecule has 0 atom stereocenters. The molecule has 0 unspecified atom stereocenters. The SMILES string of the molecule is CCCN(CCC)c1cc(C(=O)NCc2ccccn2)ccn1. The van der Waals surface area contributed by atoms with E-state index in [4.69, 9.17) is 0 Å². The largest absolute Gasteiger partial charge is 0.357 e. The molecule has 0 radical (unpaired) electrons. The van der Waals surface area contributed by atoms with E-state index >= 15 is 0 Å². The molecule has 0 saturated carbocycles. The van der Waals surface area contributed by atoms with Gasteiger partial charge in [0.05, 0.1) is 12.2 Å². The molecule has 0 spiro atoms. The van der Waals surface area contributed by atoms with E-state index in [1.807, 2.05) is 24.3 Å². The maximum absolute atomic E-state index is 12.3. The molecule has 2 aromatic heterocycles. The summed E-state index contributed by atoms with van der Waals surface area (Å²) in [6, 6.07) is 9.26. The minimum absolute atomic E-state index is 0.104. The van der Waals surface area contributed by atoms with E-state index in [1.165, 1.54) is 0 Å². The second-order valence-corrected chi connectivity index (χ2v) is 5.39. The molecule has 2 heterocycles. The number of pyridine rings is 2. The molecule has 2 aromatic rings. The Morgan fingerprint density at radius 1 is 1.09 bits per heavy atom. The van der Waals surface area contributed by atoms with Crippen LogP contribution in [0.3, 0.4) is 0 Å². The van der Waals surface area contributed by atoms with Crippen molar-refractivity contribution >= 4 is 11.7 Å². The molecule has 0 bridgehead atoms. The van der Waals surface area contributed by atoms with Crippen LogP contribution >= 0.6 is 0 Å². The van der Waals surface area contributed by atoms with Gasteiger partial charge in [-0.15, -0.1) is 0 Å². The zero-order valence-corrected chi connectivity index (χ0v) is 13.8. The van der Waals surface area contributed by atoms with Gasteiger partial charge in [-0.1, -0.05) is 19.9 Å². The monoisotopic (exact) mass is 312 g/mol. The quantitative estimate of drug-likeness (QED) is 0.814. The fraction of sp³-hybridized carbons (Fsp3) is 0.389. The van der Waals surface area contributed by atoms with E-state index in [0.717, 1.165) is 37.4 Å². The number of anilines is 1. The van der Waals surface area contributed by atoms with Crippen LogP contribution in [0.2, 0.25) is 0 Å². The molecule has 1 amide bonds. The summed E-state index contributed by atoms with van der Waals surface area (Å²) in [5.41, 5.74) is 1.47. The van der Waals surface area contributed by atoms with Gasteiger partial charge in [-0.05, 0) is 37.1 Å². The normalized spacial score (nSPS) is 10.3. The zero-order chi connectivity index (χ0) is 16.5. The number of carbonyl (C=O) groups excluding carboxylic acids is 1. The third-order valence-electron chi connectivity index (χ3n) is 3.47. The van der Waals surface area contributed by atoms with E-state index in [2.05, 4.69) is 34.0 Å². The van der Waals surface area contributed by atoms with Crippen molar-refractivity contribution in [1.82, 2.24) is 15.3 Å². The van der Waals surface area contributed by atoms with Crippen molar-refractivity contribution in [3.05, 3.63) is 54.0 Å². The van der Waals surface area contributed by atoms with Gasteiger partial charge >= 0.3 is 0 Å². The Labute approximate surface area is 137 Å². The van der Waals surface area contributed by atoms with Crippen molar-refractivity contribution in [1.29, 1.82) is 0 Å². The van der Waals surface area contributed by atoms with Crippen LogP contribution in [0.5, 0.6) is 0 Å². The Balaban J connectivity index is 2.04. The molecule has 0 fully saturated rings. The number of carbonyl (C=O) groups is 1. The third-order valence-corrected chi connectivity index (χ3v) is 3.47. The number of rotatable bonds is 8. The Morgan fingerprint density at radius 3 is 2.52 bits per heavy atom. The predicted molar refractivity (Wildman–Crippen MR) is 92.4 cm³/mol. The average molecular weight is 312 g/mol. The summed E-state index contributed by atoms with van der Waals surface area (Å²) in [6.07, 6.45) is 5.53. The molecular formula is C18H24N4O. The average Bonchev–Trinajstić information content (AvgIpc) is 2.60. The standard InChI is InChI=1S/C18H24N4O/c1-3-11-22(12-4-2)17-13-15(8-10-20-17)18(23)21-14-16-7-5-6-9-19-16/h5-10,13H,3-4,11-12,14H2,1-2H3,(H,21,23). The zero-order valence-electron chi connectivity index (χ0n) is 13.8. The topological polar surface area (TPSA) is 58.1 Å². The first-order valence-electron chi connectivity index (χ1n) is 8.13. The van der Waals surface area contributed by atoms with Crippen LogP contribution in [-0.2, 0) is 6.54 Å². The van der Waals surface area contributed by atoms with Crippen molar-refractivity contribution in [2.24, 2.45) is 0 Å². The summed E-state index contributed by atoms with van der Waals surface area (Å²) in [7, 11) is 0. The van der Waals surface area contributed by atoms with E-state index in [9.17, 15) is 4.79 Å². The van der Waals surface area contributed by atoms with E-state index < -0.39 is 0 Å². The van der Waals surface area contributed by atoms with Gasteiger partial charge < -0.3 is 10.2 Å². The lowest BCUT2D eigenvalue weighted by Crippen LogP contribution is -2.27. The van der Waals surface area contributed by atoms with Crippen molar-refractivity contribution < 1.29 is 4.79 Å². The van der Waals surface area contributed by atoms with Gasteiger partial charge in [0.2, 0.25) is 0 Å². The van der Waals surface area contributed by atoms with Gasteiger partial charge in [-0.2, -0.15) is 0 Å². The molecule has 1 N–H and O–H groups in total. The van der Waals surface area contributed by atoms with Gasteiger partial charge in [0.15, 0.2) is 0 Å². The summed E-state index contributed by atoms with van der Waals surface area (Å²) in [5, 5.41) is 2.90. The lowest BCUT2D eigenvalue weighted by atomic mass is 10.2. The maximum atomic E-state index is 12.3. The summed E-state index contributed by atoms with van der Waals surface area (Å²) in [5.74, 6) is 0.756. The number of hydrogen-bond acceptors (Lipinski definition) is 4. The molecule has 0 aliphatic rings. The minimum atomic E-state index is -0.104. The lowest BCUT2D eigenvalue weighted by molar-refractivity contribution is 0.0950. The first kappa shape index (κ1) is 16.9. The van der Waals surface area contributed by atoms with Crippen molar-refractivity contribution in [3.8, 4) is 0 Å². The van der Waals surface area contributed by atoms with Crippen LogP contribution in [0.15, 0.2) is 42.7 Å². The van der Waals surface area contributed by atoms with Crippen LogP contribution in [0.1, 0.15) is 42.7 Å². The van der Waals surface area contributed by atoms with Crippen LogP contribution < -0.4 is 10.2 Å². The smallest absolute Gasteiger partial charge is 0.251 e. The highest BCUT2D eigenvalue weighted by Gasteiger charge is 2.11. The van der Waals surface area contributed by atoms with Crippen molar-refractivity contribution in [2.75, 3.05) is 18.0 Å². The number of hydrogen-bond donors (Lipinski definition) is 1. The van der Waals surface area contributed by atoms with Gasteiger partial charge in [-0.3, -0.25) is 9.78 Å². The molecule has 5 heteroatoms. The molecule has 5 nitrogen and oxygen atoms in total. The molecule has 23 heavy (non-hydrogen) atoms. The van der Waals surface area contributed by atoms with Gasteiger partial charge in [-0.25, -0.2) is 4.98 Å². The fourth-order valence-electron chi connectivity index (χ4n) is 2.39. The van der Waals surface area contributed by atoms with Crippen LogP contribution in [0.25, 0.3) is 0 Å². The second kappa shape index (κ2) is 8.88. The highest BCUT2D eigenvalue weighted by Crippen LogP contribution is 2.14. The fourth-order valence-corrected chi connectivity index (χ4v) is 2.39. The molecule has 2 rings (SSSR count). The first-order chi connectivity index (χ1) is 11.2. The number of nitrogens with zero attached hydrogens (tertiary/aromatic N) is 3. The highest BCUT2D eigenvalue weighted by molar-refractivity contribution is 5.94. The van der Waals surface area contributed by atoms with Crippen molar-refractivity contribution in [2.45, 2.75) is 33.2 Å².